The summed E-state index contributed by atoms with van der Waals surface area (Å²) in [4.78, 5) is 28.8. The molecule has 136 valence electrons. The van der Waals surface area contributed by atoms with E-state index in [0.29, 0.717) is 29.8 Å². The Bertz CT molecular complexity index is 830. The summed E-state index contributed by atoms with van der Waals surface area (Å²) in [5, 5.41) is 9.77. The maximum atomic E-state index is 12.2. The van der Waals surface area contributed by atoms with Crippen LogP contribution in [0.25, 0.3) is 11.0 Å². The lowest BCUT2D eigenvalue weighted by Gasteiger charge is -2.22. The summed E-state index contributed by atoms with van der Waals surface area (Å²) in [6, 6.07) is 0. The van der Waals surface area contributed by atoms with Crippen LogP contribution in [0.5, 0.6) is 0 Å². The van der Waals surface area contributed by atoms with Crippen molar-refractivity contribution >= 4 is 16.9 Å². The Hall–Kier alpha value is -2.15. The van der Waals surface area contributed by atoms with Gasteiger partial charge in [-0.05, 0) is 63.2 Å². The van der Waals surface area contributed by atoms with E-state index in [-0.39, 0.29) is 11.5 Å². The van der Waals surface area contributed by atoms with Gasteiger partial charge in [-0.1, -0.05) is 0 Å². The largest absolute Gasteiger partial charge is 0.356 e. The van der Waals surface area contributed by atoms with Gasteiger partial charge in [0.25, 0.3) is 5.56 Å². The molecule has 1 aliphatic rings. The van der Waals surface area contributed by atoms with Gasteiger partial charge < -0.3 is 10.6 Å². The Morgan fingerprint density at radius 2 is 2.20 bits per heavy atom. The molecule has 2 aromatic rings. The fourth-order valence-corrected chi connectivity index (χ4v) is 3.70. The van der Waals surface area contributed by atoms with E-state index >= 15 is 0 Å². The van der Waals surface area contributed by atoms with Crippen LogP contribution in [0.3, 0.4) is 0 Å². The minimum Gasteiger partial charge on any atom is -0.356 e. The summed E-state index contributed by atoms with van der Waals surface area (Å²) >= 11 is 0. The van der Waals surface area contributed by atoms with Gasteiger partial charge in [-0.2, -0.15) is 0 Å². The number of fused-ring (bicyclic) bond motifs is 1. The molecule has 1 unspecified atom stereocenters. The number of carbonyl (C=O) groups excluding carboxylic acids is 1. The molecule has 7 nitrogen and oxygen atoms in total. The predicted molar refractivity (Wildman–Crippen MR) is 97.7 cm³/mol. The Labute approximate surface area is 147 Å². The molecule has 0 aliphatic carbocycles. The number of pyridine rings is 1. The third-order valence-corrected chi connectivity index (χ3v) is 5.16. The Kier molecular flexibility index (Phi) is 5.22. The number of hydrogen-bond donors (Lipinski definition) is 3. The van der Waals surface area contributed by atoms with E-state index in [2.05, 4.69) is 20.7 Å². The van der Waals surface area contributed by atoms with E-state index in [1.807, 2.05) is 13.8 Å². The molecule has 1 amide bonds. The number of aryl methyl sites for hydroxylation is 3. The number of amides is 1. The van der Waals surface area contributed by atoms with E-state index in [0.717, 1.165) is 36.5 Å². The zero-order valence-corrected chi connectivity index (χ0v) is 15.2. The van der Waals surface area contributed by atoms with Gasteiger partial charge in [0.05, 0.1) is 5.39 Å². The van der Waals surface area contributed by atoms with Crippen molar-refractivity contribution in [3.8, 4) is 0 Å². The standard InChI is InChI=1S/C18H27N5O2/c1-11-14(12(2)21-17-16(11)18(25)22-23(17)3)6-7-15(24)20-10-13-5-4-8-19-9-13/h13,19H,4-10H2,1-3H3,(H,20,24)(H,22,25). The van der Waals surface area contributed by atoms with Gasteiger partial charge >= 0.3 is 0 Å². The summed E-state index contributed by atoms with van der Waals surface area (Å²) in [5.74, 6) is 0.591. The van der Waals surface area contributed by atoms with Crippen molar-refractivity contribution in [1.29, 1.82) is 0 Å². The van der Waals surface area contributed by atoms with Gasteiger partial charge in [0.2, 0.25) is 5.91 Å². The molecule has 0 aromatic carbocycles. The van der Waals surface area contributed by atoms with E-state index < -0.39 is 0 Å². The van der Waals surface area contributed by atoms with Gasteiger partial charge in [-0.15, -0.1) is 0 Å². The van der Waals surface area contributed by atoms with Gasteiger partial charge in [0.15, 0.2) is 5.65 Å². The van der Waals surface area contributed by atoms with E-state index in [1.165, 1.54) is 12.8 Å². The summed E-state index contributed by atoms with van der Waals surface area (Å²) in [6.45, 7) is 6.67. The summed E-state index contributed by atoms with van der Waals surface area (Å²) in [5.41, 5.74) is 3.34. The highest BCUT2D eigenvalue weighted by atomic mass is 16.1. The molecular weight excluding hydrogens is 318 g/mol. The number of aromatic amines is 1. The first-order chi connectivity index (χ1) is 12.0. The number of nitrogens with zero attached hydrogens (tertiary/aromatic N) is 2. The first-order valence-electron chi connectivity index (χ1n) is 8.99. The second kappa shape index (κ2) is 7.39. The number of rotatable bonds is 5. The first kappa shape index (κ1) is 17.7. The lowest BCUT2D eigenvalue weighted by atomic mass is 9.99. The minimum absolute atomic E-state index is 0.0615. The Balaban J connectivity index is 1.65. The minimum atomic E-state index is -0.127. The summed E-state index contributed by atoms with van der Waals surface area (Å²) < 4.78 is 1.65. The van der Waals surface area contributed by atoms with Crippen molar-refractivity contribution in [3.05, 3.63) is 27.2 Å². The molecule has 0 radical (unpaired) electrons. The van der Waals surface area contributed by atoms with E-state index in [1.54, 1.807) is 11.7 Å². The van der Waals surface area contributed by atoms with Crippen LogP contribution in [-0.2, 0) is 18.3 Å². The van der Waals surface area contributed by atoms with Crippen LogP contribution < -0.4 is 16.2 Å². The normalized spacial score (nSPS) is 17.8. The molecule has 1 saturated heterocycles. The lowest BCUT2D eigenvalue weighted by Crippen LogP contribution is -2.38. The molecule has 0 bridgehead atoms. The molecular formula is C18H27N5O2. The van der Waals surface area contributed by atoms with Crippen molar-refractivity contribution in [2.24, 2.45) is 13.0 Å². The van der Waals surface area contributed by atoms with Crippen LogP contribution in [0.2, 0.25) is 0 Å². The molecule has 1 aliphatic heterocycles. The first-order valence-corrected chi connectivity index (χ1v) is 8.99. The number of hydrogen-bond acceptors (Lipinski definition) is 4. The maximum Gasteiger partial charge on any atom is 0.273 e. The lowest BCUT2D eigenvalue weighted by molar-refractivity contribution is -0.121. The highest BCUT2D eigenvalue weighted by Gasteiger charge is 2.17. The molecule has 3 rings (SSSR count). The van der Waals surface area contributed by atoms with Crippen molar-refractivity contribution in [1.82, 2.24) is 25.4 Å². The molecule has 25 heavy (non-hydrogen) atoms. The molecule has 0 saturated carbocycles. The average molecular weight is 345 g/mol. The maximum absolute atomic E-state index is 12.2. The highest BCUT2D eigenvalue weighted by Crippen LogP contribution is 2.21. The molecule has 1 atom stereocenters. The molecule has 3 N–H and O–H groups in total. The molecule has 1 fully saturated rings. The number of piperidine rings is 1. The second-order valence-corrected chi connectivity index (χ2v) is 7.02. The van der Waals surface area contributed by atoms with Gasteiger partial charge in [-0.3, -0.25) is 19.4 Å². The fraction of sp³-hybridized carbons (Fsp3) is 0.611. The third kappa shape index (κ3) is 3.76. The molecule has 0 spiro atoms. The summed E-state index contributed by atoms with van der Waals surface area (Å²) in [7, 11) is 1.78. The van der Waals surface area contributed by atoms with Crippen LogP contribution in [-0.4, -0.2) is 40.3 Å². The highest BCUT2D eigenvalue weighted by molar-refractivity contribution is 5.81. The van der Waals surface area contributed by atoms with Crippen molar-refractivity contribution in [2.45, 2.75) is 39.5 Å². The topological polar surface area (TPSA) is 91.8 Å². The van der Waals surface area contributed by atoms with Crippen LogP contribution in [0, 0.1) is 19.8 Å². The number of aromatic nitrogens is 3. The van der Waals surface area contributed by atoms with Gasteiger partial charge in [0.1, 0.15) is 0 Å². The van der Waals surface area contributed by atoms with Crippen LogP contribution in [0.4, 0.5) is 0 Å². The number of H-pyrrole nitrogens is 1. The Morgan fingerprint density at radius 1 is 1.40 bits per heavy atom. The quantitative estimate of drug-likeness (QED) is 0.752. The summed E-state index contributed by atoms with van der Waals surface area (Å²) in [6.07, 6.45) is 3.36. The Morgan fingerprint density at radius 3 is 2.92 bits per heavy atom. The van der Waals surface area contributed by atoms with Crippen molar-refractivity contribution in [2.75, 3.05) is 19.6 Å². The SMILES string of the molecule is Cc1nc2c(c(C)c1CCC(=O)NCC1CCCNC1)c(=O)[nH]n2C. The van der Waals surface area contributed by atoms with Crippen LogP contribution in [0.15, 0.2) is 4.79 Å². The third-order valence-electron chi connectivity index (χ3n) is 5.16. The average Bonchev–Trinajstić information content (AvgIpc) is 2.87. The van der Waals surface area contributed by atoms with Gasteiger partial charge in [0, 0.05) is 25.7 Å². The van der Waals surface area contributed by atoms with Gasteiger partial charge in [-0.25, -0.2) is 4.98 Å². The molecule has 2 aromatic heterocycles. The molecule has 7 heteroatoms. The van der Waals surface area contributed by atoms with Crippen molar-refractivity contribution < 1.29 is 4.79 Å². The smallest absolute Gasteiger partial charge is 0.273 e. The monoisotopic (exact) mass is 345 g/mol. The van der Waals surface area contributed by atoms with Crippen molar-refractivity contribution in [3.63, 3.8) is 0 Å². The number of nitrogens with one attached hydrogen (secondary N) is 3. The van der Waals surface area contributed by atoms with E-state index in [4.69, 9.17) is 0 Å². The second-order valence-electron chi connectivity index (χ2n) is 7.02. The fourth-order valence-electron chi connectivity index (χ4n) is 3.70. The van der Waals surface area contributed by atoms with E-state index in [9.17, 15) is 9.59 Å². The zero-order chi connectivity index (χ0) is 18.0. The van der Waals surface area contributed by atoms with Crippen LogP contribution >= 0.6 is 0 Å². The predicted octanol–water partition coefficient (Wildman–Crippen LogP) is 0.927. The zero-order valence-electron chi connectivity index (χ0n) is 15.2. The number of carbonyl (C=O) groups is 1. The van der Waals surface area contributed by atoms with Crippen LogP contribution in [0.1, 0.15) is 36.1 Å². The molecule has 3 heterocycles.